The molecule has 54 valence electrons. The number of hydrogen-bond donors (Lipinski definition) is 2. The third-order valence-electron chi connectivity index (χ3n) is 1.51. The van der Waals surface area contributed by atoms with Gasteiger partial charge in [-0.2, -0.15) is 0 Å². The van der Waals surface area contributed by atoms with Crippen molar-refractivity contribution in [3.05, 3.63) is 36.2 Å². The molecule has 0 amide bonds. The van der Waals surface area contributed by atoms with E-state index < -0.39 is 0 Å². The fourth-order valence-corrected chi connectivity index (χ4v) is 0.944. The Labute approximate surface area is 61.1 Å². The largest absolute Gasteiger partial charge is 0.399 e. The average Bonchev–Trinajstić information content (AvgIpc) is 1.88. The third-order valence-corrected chi connectivity index (χ3v) is 1.51. The van der Waals surface area contributed by atoms with Crippen molar-refractivity contribution < 1.29 is 0 Å². The molecule has 2 heteroatoms. The molecular formula is C8H12N2. The van der Waals surface area contributed by atoms with Gasteiger partial charge in [0, 0.05) is 17.9 Å². The van der Waals surface area contributed by atoms with Gasteiger partial charge in [-0.15, -0.1) is 0 Å². The first-order chi connectivity index (χ1) is 4.70. The first-order valence-electron chi connectivity index (χ1n) is 3.28. The van der Waals surface area contributed by atoms with Crippen LogP contribution in [0.1, 0.15) is 6.42 Å². The Morgan fingerprint density at radius 3 is 2.80 bits per heavy atom. The fourth-order valence-electron chi connectivity index (χ4n) is 0.944. The zero-order chi connectivity index (χ0) is 7.56. The molecule has 1 aliphatic rings. The summed E-state index contributed by atoms with van der Waals surface area (Å²) >= 11 is 0. The molecule has 10 heavy (non-hydrogen) atoms. The summed E-state index contributed by atoms with van der Waals surface area (Å²) < 4.78 is 0. The molecule has 3 N–H and O–H groups in total. The highest BCUT2D eigenvalue weighted by molar-refractivity contribution is 5.34. The lowest BCUT2D eigenvalue weighted by atomic mass is 10.1. The lowest BCUT2D eigenvalue weighted by Crippen LogP contribution is -2.19. The molecule has 0 aliphatic carbocycles. The van der Waals surface area contributed by atoms with Crippen molar-refractivity contribution in [2.24, 2.45) is 5.73 Å². The van der Waals surface area contributed by atoms with Crippen LogP contribution in [0.3, 0.4) is 0 Å². The molecule has 1 aliphatic heterocycles. The van der Waals surface area contributed by atoms with Crippen LogP contribution in [-0.2, 0) is 0 Å². The minimum Gasteiger partial charge on any atom is -0.399 e. The molecule has 0 aromatic heterocycles. The van der Waals surface area contributed by atoms with Crippen molar-refractivity contribution in [1.82, 2.24) is 5.32 Å². The second kappa shape index (κ2) is 2.60. The number of rotatable bonds is 1. The Bertz CT molecular complexity index is 201. The summed E-state index contributed by atoms with van der Waals surface area (Å²) in [5, 5.41) is 3.10. The van der Waals surface area contributed by atoms with Crippen molar-refractivity contribution in [3.8, 4) is 0 Å². The standard InChI is InChI=1S/C8H12N2/c1-6-5-8(7(2)9)3-4-10-6/h5,10H,1-4,9H2. The molecular weight excluding hydrogens is 124 g/mol. The van der Waals surface area contributed by atoms with Gasteiger partial charge in [0.1, 0.15) is 0 Å². The summed E-state index contributed by atoms with van der Waals surface area (Å²) in [7, 11) is 0. The van der Waals surface area contributed by atoms with Gasteiger partial charge in [-0.3, -0.25) is 0 Å². The van der Waals surface area contributed by atoms with Crippen LogP contribution in [0.25, 0.3) is 0 Å². The van der Waals surface area contributed by atoms with E-state index >= 15 is 0 Å². The quantitative estimate of drug-likeness (QED) is 0.562. The first-order valence-corrected chi connectivity index (χ1v) is 3.28. The van der Waals surface area contributed by atoms with E-state index in [9.17, 15) is 0 Å². The Balaban J connectivity index is 2.75. The predicted molar refractivity (Wildman–Crippen MR) is 43.2 cm³/mol. The molecule has 0 spiro atoms. The van der Waals surface area contributed by atoms with Crippen LogP contribution in [0.4, 0.5) is 0 Å². The zero-order valence-corrected chi connectivity index (χ0v) is 5.98. The summed E-state index contributed by atoms with van der Waals surface area (Å²) in [6.45, 7) is 8.33. The molecule has 0 saturated heterocycles. The van der Waals surface area contributed by atoms with Gasteiger partial charge in [0.25, 0.3) is 0 Å². The summed E-state index contributed by atoms with van der Waals surface area (Å²) in [4.78, 5) is 0. The average molecular weight is 136 g/mol. The fraction of sp³-hybridized carbons (Fsp3) is 0.250. The van der Waals surface area contributed by atoms with Crippen LogP contribution >= 0.6 is 0 Å². The van der Waals surface area contributed by atoms with E-state index in [-0.39, 0.29) is 0 Å². The van der Waals surface area contributed by atoms with Gasteiger partial charge < -0.3 is 11.1 Å². The molecule has 1 heterocycles. The normalized spacial score (nSPS) is 17.6. The van der Waals surface area contributed by atoms with Gasteiger partial charge in [0.05, 0.1) is 0 Å². The number of hydrogen-bond acceptors (Lipinski definition) is 2. The van der Waals surface area contributed by atoms with Gasteiger partial charge in [-0.25, -0.2) is 0 Å². The highest BCUT2D eigenvalue weighted by Gasteiger charge is 2.04. The highest BCUT2D eigenvalue weighted by atomic mass is 14.9. The molecule has 2 nitrogen and oxygen atoms in total. The van der Waals surface area contributed by atoms with Crippen LogP contribution in [0.2, 0.25) is 0 Å². The Morgan fingerprint density at radius 2 is 2.40 bits per heavy atom. The van der Waals surface area contributed by atoms with Crippen LogP contribution in [0, 0.1) is 0 Å². The van der Waals surface area contributed by atoms with Crippen LogP contribution in [0.15, 0.2) is 36.2 Å². The second-order valence-electron chi connectivity index (χ2n) is 2.40. The number of nitrogens with one attached hydrogen (secondary N) is 1. The third kappa shape index (κ3) is 1.41. The van der Waals surface area contributed by atoms with Gasteiger partial charge in [-0.1, -0.05) is 13.2 Å². The molecule has 1 rings (SSSR count). The Hall–Kier alpha value is -1.18. The molecule has 0 bridgehead atoms. The van der Waals surface area contributed by atoms with Crippen LogP contribution in [-0.4, -0.2) is 6.54 Å². The van der Waals surface area contributed by atoms with E-state index in [2.05, 4.69) is 18.5 Å². The van der Waals surface area contributed by atoms with Gasteiger partial charge >= 0.3 is 0 Å². The molecule has 0 radical (unpaired) electrons. The maximum atomic E-state index is 5.50. The first kappa shape index (κ1) is 6.93. The van der Waals surface area contributed by atoms with Crippen molar-refractivity contribution in [1.29, 1.82) is 0 Å². The molecule has 0 saturated carbocycles. The SMILES string of the molecule is C=C1C=C(C(=C)N)CCN1. The maximum absolute atomic E-state index is 5.50. The van der Waals surface area contributed by atoms with E-state index in [1.807, 2.05) is 6.08 Å². The van der Waals surface area contributed by atoms with Crippen molar-refractivity contribution >= 4 is 0 Å². The van der Waals surface area contributed by atoms with E-state index in [0.717, 1.165) is 24.2 Å². The molecule has 0 aromatic carbocycles. The second-order valence-corrected chi connectivity index (χ2v) is 2.40. The minimum atomic E-state index is 0.655. The summed E-state index contributed by atoms with van der Waals surface area (Å²) in [6, 6.07) is 0. The molecule has 0 aromatic rings. The van der Waals surface area contributed by atoms with E-state index in [4.69, 9.17) is 5.73 Å². The van der Waals surface area contributed by atoms with E-state index in [1.54, 1.807) is 0 Å². The van der Waals surface area contributed by atoms with Crippen LogP contribution < -0.4 is 11.1 Å². The summed E-state index contributed by atoms with van der Waals surface area (Å²) in [5.74, 6) is 0. The molecule has 0 atom stereocenters. The monoisotopic (exact) mass is 136 g/mol. The van der Waals surface area contributed by atoms with Gasteiger partial charge in [-0.05, 0) is 18.1 Å². The lowest BCUT2D eigenvalue weighted by molar-refractivity contribution is 0.772. The Kier molecular flexibility index (Phi) is 1.81. The van der Waals surface area contributed by atoms with Gasteiger partial charge in [0.15, 0.2) is 0 Å². The summed E-state index contributed by atoms with van der Waals surface area (Å²) in [5.41, 5.74) is 8.18. The van der Waals surface area contributed by atoms with Crippen molar-refractivity contribution in [3.63, 3.8) is 0 Å². The zero-order valence-electron chi connectivity index (χ0n) is 5.98. The van der Waals surface area contributed by atoms with Crippen LogP contribution in [0.5, 0.6) is 0 Å². The van der Waals surface area contributed by atoms with E-state index in [1.165, 1.54) is 0 Å². The Morgan fingerprint density at radius 1 is 1.70 bits per heavy atom. The van der Waals surface area contributed by atoms with Crippen molar-refractivity contribution in [2.75, 3.05) is 6.54 Å². The number of nitrogens with two attached hydrogens (primary N) is 1. The molecule has 0 unspecified atom stereocenters. The topological polar surface area (TPSA) is 38.0 Å². The highest BCUT2D eigenvalue weighted by Crippen LogP contribution is 2.12. The lowest BCUT2D eigenvalue weighted by Gasteiger charge is -2.15. The molecule has 0 fully saturated rings. The van der Waals surface area contributed by atoms with Crippen molar-refractivity contribution in [2.45, 2.75) is 6.42 Å². The van der Waals surface area contributed by atoms with E-state index in [0.29, 0.717) is 5.70 Å². The maximum Gasteiger partial charge on any atom is 0.0274 e. The predicted octanol–water partition coefficient (Wildman–Crippen LogP) is 0.892. The van der Waals surface area contributed by atoms with Gasteiger partial charge in [0.2, 0.25) is 0 Å². The number of allylic oxidation sites excluding steroid dienone is 2. The summed E-state index contributed by atoms with van der Waals surface area (Å²) in [6.07, 6.45) is 2.89. The smallest absolute Gasteiger partial charge is 0.0274 e. The minimum absolute atomic E-state index is 0.655.